The average molecular weight is 512 g/mol. The van der Waals surface area contributed by atoms with Crippen molar-refractivity contribution in [1.82, 2.24) is 9.88 Å². The third-order valence-corrected chi connectivity index (χ3v) is 7.37. The number of nitrogens with zero attached hydrogens (tertiary/aromatic N) is 2. The van der Waals surface area contributed by atoms with E-state index in [9.17, 15) is 9.59 Å². The zero-order valence-corrected chi connectivity index (χ0v) is 20.7. The van der Waals surface area contributed by atoms with Gasteiger partial charge in [-0.25, -0.2) is 4.79 Å². The van der Waals surface area contributed by atoms with E-state index in [1.54, 1.807) is 41.4 Å². The molecule has 1 aliphatic heterocycles. The summed E-state index contributed by atoms with van der Waals surface area (Å²) < 4.78 is 0.516. The Hall–Kier alpha value is -4.01. The maximum absolute atomic E-state index is 13.1. The van der Waals surface area contributed by atoms with E-state index in [0.717, 1.165) is 33.2 Å². The minimum atomic E-state index is -0.963. The molecule has 36 heavy (non-hydrogen) atoms. The first-order valence-electron chi connectivity index (χ1n) is 11.2. The molecule has 8 heteroatoms. The number of rotatable bonds is 6. The highest BCUT2D eigenvalue weighted by Gasteiger charge is 2.31. The summed E-state index contributed by atoms with van der Waals surface area (Å²) in [5.41, 5.74) is 11.8. The Bertz CT molecular complexity index is 1550. The van der Waals surface area contributed by atoms with Crippen LogP contribution in [-0.4, -0.2) is 37.7 Å². The molecule has 0 spiro atoms. The Morgan fingerprint density at radius 2 is 1.83 bits per heavy atom. The summed E-state index contributed by atoms with van der Waals surface area (Å²) in [6.07, 6.45) is 4.14. The van der Waals surface area contributed by atoms with Crippen LogP contribution in [0.2, 0.25) is 0 Å². The lowest BCUT2D eigenvalue weighted by atomic mass is 10.0. The molecule has 1 aliphatic rings. The number of carbonyl (C=O) groups is 2. The fourth-order valence-electron chi connectivity index (χ4n) is 4.05. The molecular formula is C28H21N3O3S2. The van der Waals surface area contributed by atoms with Crippen LogP contribution in [0.15, 0.2) is 83.9 Å². The van der Waals surface area contributed by atoms with Gasteiger partial charge in [0, 0.05) is 23.8 Å². The number of carbonyl (C=O) groups excluding carboxylic acids is 1. The summed E-state index contributed by atoms with van der Waals surface area (Å²) in [6.45, 7) is 0.432. The Morgan fingerprint density at radius 3 is 2.61 bits per heavy atom. The van der Waals surface area contributed by atoms with Gasteiger partial charge in [0.05, 0.1) is 16.0 Å². The van der Waals surface area contributed by atoms with Crippen molar-refractivity contribution < 1.29 is 14.7 Å². The number of carboxylic acids is 1. The summed E-state index contributed by atoms with van der Waals surface area (Å²) in [5, 5.41) is 9.95. The molecule has 1 aromatic heterocycles. The van der Waals surface area contributed by atoms with Gasteiger partial charge in [-0.3, -0.25) is 14.7 Å². The minimum Gasteiger partial charge on any atom is -0.478 e. The van der Waals surface area contributed by atoms with Crippen molar-refractivity contribution >= 4 is 62.8 Å². The van der Waals surface area contributed by atoms with Crippen molar-refractivity contribution in [1.29, 1.82) is 0 Å². The largest absolute Gasteiger partial charge is 0.478 e. The number of nitrogen functional groups attached to an aromatic ring is 1. The first-order chi connectivity index (χ1) is 17.4. The number of aromatic carboxylic acids is 1. The fourth-order valence-corrected chi connectivity index (χ4v) is 5.36. The summed E-state index contributed by atoms with van der Waals surface area (Å²) in [7, 11) is 0. The number of thioether (sulfide) groups is 1. The summed E-state index contributed by atoms with van der Waals surface area (Å²) >= 11 is 6.76. The first kappa shape index (κ1) is 23.7. The van der Waals surface area contributed by atoms with Gasteiger partial charge in [0.1, 0.15) is 4.32 Å². The van der Waals surface area contributed by atoms with Gasteiger partial charge in [0.25, 0.3) is 5.91 Å². The number of hydrogen-bond donors (Lipinski definition) is 2. The third-order valence-electron chi connectivity index (χ3n) is 5.99. The van der Waals surface area contributed by atoms with E-state index in [-0.39, 0.29) is 11.5 Å². The quantitative estimate of drug-likeness (QED) is 0.256. The number of thiocarbonyl (C=S) groups is 1. The zero-order chi connectivity index (χ0) is 25.2. The molecule has 2 heterocycles. The van der Waals surface area contributed by atoms with Gasteiger partial charge in [-0.2, -0.15) is 0 Å². The molecule has 1 amide bonds. The lowest BCUT2D eigenvalue weighted by Gasteiger charge is -2.14. The lowest BCUT2D eigenvalue weighted by Crippen LogP contribution is -2.30. The second-order valence-corrected chi connectivity index (χ2v) is 10.0. The van der Waals surface area contributed by atoms with Crippen LogP contribution < -0.4 is 5.73 Å². The predicted octanol–water partition coefficient (Wildman–Crippen LogP) is 5.63. The van der Waals surface area contributed by atoms with Crippen molar-refractivity contribution in [2.45, 2.75) is 6.42 Å². The van der Waals surface area contributed by atoms with Crippen LogP contribution >= 0.6 is 24.0 Å². The molecule has 3 aromatic carbocycles. The van der Waals surface area contributed by atoms with E-state index in [1.165, 1.54) is 11.8 Å². The van der Waals surface area contributed by atoms with Crippen molar-refractivity contribution in [2.75, 3.05) is 12.3 Å². The van der Waals surface area contributed by atoms with Gasteiger partial charge in [0.15, 0.2) is 0 Å². The minimum absolute atomic E-state index is 0.123. The number of pyridine rings is 1. The van der Waals surface area contributed by atoms with Gasteiger partial charge in [-0.15, -0.1) is 0 Å². The number of fused-ring (bicyclic) bond motifs is 1. The van der Waals surface area contributed by atoms with E-state index in [2.05, 4.69) is 4.98 Å². The Kier molecular flexibility index (Phi) is 6.54. The molecule has 6 nitrogen and oxygen atoms in total. The van der Waals surface area contributed by atoms with Crippen LogP contribution in [0.4, 0.5) is 5.69 Å². The summed E-state index contributed by atoms with van der Waals surface area (Å²) in [6, 6.07) is 22.4. The monoisotopic (exact) mass is 511 g/mol. The number of nitrogens with two attached hydrogens (primary N) is 1. The first-order valence-corrected chi connectivity index (χ1v) is 12.4. The van der Waals surface area contributed by atoms with Gasteiger partial charge in [-0.05, 0) is 71.1 Å². The van der Waals surface area contributed by atoms with Crippen LogP contribution in [0.5, 0.6) is 0 Å². The molecule has 0 bridgehead atoms. The van der Waals surface area contributed by atoms with E-state index in [0.29, 0.717) is 27.9 Å². The normalized spacial score (nSPS) is 14.7. The van der Waals surface area contributed by atoms with Crippen molar-refractivity contribution in [3.8, 4) is 11.1 Å². The lowest BCUT2D eigenvalue weighted by molar-refractivity contribution is -0.122. The third kappa shape index (κ3) is 4.86. The second-order valence-electron chi connectivity index (χ2n) is 8.34. The van der Waals surface area contributed by atoms with Gasteiger partial charge in [0.2, 0.25) is 0 Å². The van der Waals surface area contributed by atoms with E-state index < -0.39 is 5.97 Å². The fraction of sp³-hybridized carbons (Fsp3) is 0.0714. The van der Waals surface area contributed by atoms with E-state index in [4.69, 9.17) is 23.1 Å². The molecule has 3 N–H and O–H groups in total. The maximum atomic E-state index is 13.1. The second kappa shape index (κ2) is 9.93. The van der Waals surface area contributed by atoms with E-state index in [1.807, 2.05) is 48.5 Å². The highest BCUT2D eigenvalue weighted by atomic mass is 32.2. The number of aromatic nitrogens is 1. The van der Waals surface area contributed by atoms with Crippen molar-refractivity contribution in [3.05, 3.63) is 101 Å². The number of carboxylic acid groups (broad SMARTS) is 1. The molecule has 4 aromatic rings. The average Bonchev–Trinajstić information content (AvgIpc) is 3.15. The molecule has 0 aliphatic carbocycles. The number of amides is 1. The summed E-state index contributed by atoms with van der Waals surface area (Å²) in [5.74, 6) is -1.09. The molecule has 0 atom stereocenters. The molecular weight excluding hydrogens is 490 g/mol. The van der Waals surface area contributed by atoms with Gasteiger partial charge < -0.3 is 10.8 Å². The zero-order valence-electron chi connectivity index (χ0n) is 19.0. The van der Waals surface area contributed by atoms with Crippen LogP contribution in [0, 0.1) is 0 Å². The van der Waals surface area contributed by atoms with Gasteiger partial charge in [-0.1, -0.05) is 60.4 Å². The van der Waals surface area contributed by atoms with Crippen LogP contribution in [0.3, 0.4) is 0 Å². The maximum Gasteiger partial charge on any atom is 0.335 e. The van der Waals surface area contributed by atoms with Gasteiger partial charge >= 0.3 is 5.97 Å². The van der Waals surface area contributed by atoms with E-state index >= 15 is 0 Å². The molecule has 0 radical (unpaired) electrons. The standard InChI is InChI=1S/C28H21N3O3S2/c29-23-10-12-30-24-9-8-21(16-22(23)24)20-3-1-2-18(14-20)15-25-26(32)31(28(35)36-25)13-11-17-4-6-19(7-5-17)27(33)34/h1-10,12,14-16H,11,13H2,(H2,29,30)(H,33,34). The number of hydrogen-bond acceptors (Lipinski definition) is 6. The number of benzene rings is 3. The summed E-state index contributed by atoms with van der Waals surface area (Å²) in [4.78, 5) is 30.6. The highest BCUT2D eigenvalue weighted by Crippen LogP contribution is 2.34. The Labute approximate surface area is 217 Å². The predicted molar refractivity (Wildman–Crippen MR) is 149 cm³/mol. The van der Waals surface area contributed by atoms with Crippen LogP contribution in [0.1, 0.15) is 21.5 Å². The van der Waals surface area contributed by atoms with Crippen LogP contribution in [0.25, 0.3) is 28.1 Å². The molecule has 5 rings (SSSR count). The SMILES string of the molecule is Nc1ccnc2ccc(-c3cccc(C=C4SC(=S)N(CCc5ccc(C(=O)O)cc5)C4=O)c3)cc12. The molecule has 178 valence electrons. The molecule has 0 unspecified atom stereocenters. The van der Waals surface area contributed by atoms with Crippen LogP contribution in [-0.2, 0) is 11.2 Å². The molecule has 0 saturated carbocycles. The van der Waals surface area contributed by atoms with Crippen molar-refractivity contribution in [2.24, 2.45) is 0 Å². The van der Waals surface area contributed by atoms with Crippen molar-refractivity contribution in [3.63, 3.8) is 0 Å². The Morgan fingerprint density at radius 1 is 1.06 bits per heavy atom. The Balaban J connectivity index is 1.33. The highest BCUT2D eigenvalue weighted by molar-refractivity contribution is 8.26. The topological polar surface area (TPSA) is 96.5 Å². The number of anilines is 1. The molecule has 1 saturated heterocycles. The molecule has 1 fully saturated rings. The smallest absolute Gasteiger partial charge is 0.335 e.